The third kappa shape index (κ3) is 1.70. The number of benzene rings is 1. The number of anilines is 1. The quantitative estimate of drug-likeness (QED) is 0.813. The number of hydrogen-bond donors (Lipinski definition) is 1. The van der Waals surface area contributed by atoms with Gasteiger partial charge in [-0.25, -0.2) is 0 Å². The number of allylic oxidation sites excluding steroid dienone is 1. The van der Waals surface area contributed by atoms with Crippen LogP contribution in [0, 0.1) is 11.5 Å². The molecule has 0 amide bonds. The highest BCUT2D eigenvalue weighted by atomic mass is 16.3. The second-order valence-corrected chi connectivity index (χ2v) is 5.88. The summed E-state index contributed by atoms with van der Waals surface area (Å²) in [6, 6.07) is 8.06. The van der Waals surface area contributed by atoms with Crippen LogP contribution in [-0.2, 0) is 5.41 Å². The fourth-order valence-electron chi connectivity index (χ4n) is 3.10. The first kappa shape index (κ1) is 14.1. The number of nitrogens with zero attached hydrogens (tertiary/aromatic N) is 3. The summed E-state index contributed by atoms with van der Waals surface area (Å²) >= 11 is 0. The maximum atomic E-state index is 11.6. The number of para-hydroxylation sites is 1. The first-order valence-corrected chi connectivity index (χ1v) is 6.90. The summed E-state index contributed by atoms with van der Waals surface area (Å²) in [6.07, 6.45) is 3.35. The number of nitriles is 1. The molecule has 0 aromatic heterocycles. The highest BCUT2D eigenvalue weighted by Crippen LogP contribution is 2.47. The van der Waals surface area contributed by atoms with E-state index in [4.69, 9.17) is 5.26 Å². The number of aromatic hydroxyl groups is 1. The minimum Gasteiger partial charge on any atom is -0.504 e. The Bertz CT molecular complexity index is 922. The third-order valence-corrected chi connectivity index (χ3v) is 4.32. The molecule has 0 spiro atoms. The molecule has 5 nitrogen and oxygen atoms in total. The largest absolute Gasteiger partial charge is 0.504 e. The second-order valence-electron chi connectivity index (χ2n) is 5.88. The Labute approximate surface area is 127 Å². The molecule has 0 radical (unpaired) electrons. The van der Waals surface area contributed by atoms with E-state index in [2.05, 4.69) is 24.9 Å². The van der Waals surface area contributed by atoms with Gasteiger partial charge in [0.15, 0.2) is 5.75 Å². The van der Waals surface area contributed by atoms with Gasteiger partial charge in [0.2, 0.25) is 11.6 Å². The summed E-state index contributed by atoms with van der Waals surface area (Å²) in [5, 5.41) is 18.5. The van der Waals surface area contributed by atoms with Gasteiger partial charge in [-0.15, -0.1) is 0 Å². The van der Waals surface area contributed by atoms with Crippen LogP contribution in [-0.4, -0.2) is 12.2 Å². The highest BCUT2D eigenvalue weighted by Gasteiger charge is 2.38. The highest BCUT2D eigenvalue weighted by molar-refractivity contribution is 5.77. The van der Waals surface area contributed by atoms with Crippen LogP contribution in [0.2, 0.25) is 0 Å². The van der Waals surface area contributed by atoms with Gasteiger partial charge in [-0.3, -0.25) is 4.79 Å². The van der Waals surface area contributed by atoms with E-state index in [1.54, 1.807) is 12.3 Å². The lowest BCUT2D eigenvalue weighted by atomic mass is 9.83. The van der Waals surface area contributed by atoms with Crippen molar-refractivity contribution in [1.29, 1.82) is 5.26 Å². The van der Waals surface area contributed by atoms with E-state index in [0.717, 1.165) is 11.4 Å². The number of fused-ring (bicyclic) bond motifs is 1. The summed E-state index contributed by atoms with van der Waals surface area (Å²) in [4.78, 5) is 17.1. The zero-order chi connectivity index (χ0) is 16.1. The van der Waals surface area contributed by atoms with Crippen LogP contribution in [0.5, 0.6) is 5.75 Å². The summed E-state index contributed by atoms with van der Waals surface area (Å²) in [5.41, 5.74) is 2.68. The smallest absolute Gasteiger partial charge is 0.247 e. The average molecular weight is 293 g/mol. The van der Waals surface area contributed by atoms with Crippen molar-refractivity contribution in [2.45, 2.75) is 19.3 Å². The molecule has 2 aromatic carbocycles. The maximum absolute atomic E-state index is 11.6. The van der Waals surface area contributed by atoms with Gasteiger partial charge >= 0.3 is 0 Å². The van der Waals surface area contributed by atoms with E-state index in [1.165, 1.54) is 5.56 Å². The van der Waals surface area contributed by atoms with Crippen molar-refractivity contribution >= 4 is 11.8 Å². The Morgan fingerprint density at radius 1 is 1.36 bits per heavy atom. The zero-order valence-corrected chi connectivity index (χ0v) is 12.6. The Balaban J connectivity index is 2.20. The summed E-state index contributed by atoms with van der Waals surface area (Å²) in [7, 11) is 1.94. The molecule has 0 bridgehead atoms. The number of likely N-dealkylation sites (N-methyl/N-ethyl adjacent to an activating group) is 1. The number of hydrogen-bond acceptors (Lipinski definition) is 5. The van der Waals surface area contributed by atoms with Crippen molar-refractivity contribution in [2.24, 2.45) is 4.99 Å². The lowest BCUT2D eigenvalue weighted by molar-refractivity contribution is 0.460. The molecule has 1 heterocycles. The predicted octanol–water partition coefficient (Wildman–Crippen LogP) is 1.78. The molecule has 1 aliphatic rings. The molecule has 0 fully saturated rings. The van der Waals surface area contributed by atoms with E-state index < -0.39 is 5.43 Å². The maximum Gasteiger partial charge on any atom is 0.247 e. The van der Waals surface area contributed by atoms with Crippen molar-refractivity contribution in [1.82, 2.24) is 0 Å². The van der Waals surface area contributed by atoms with Gasteiger partial charge in [0, 0.05) is 23.8 Å². The summed E-state index contributed by atoms with van der Waals surface area (Å²) < 4.78 is 0. The van der Waals surface area contributed by atoms with Crippen molar-refractivity contribution in [2.75, 3.05) is 11.9 Å². The minimum atomic E-state index is -0.579. The molecule has 0 saturated heterocycles. The zero-order valence-electron chi connectivity index (χ0n) is 12.6. The molecule has 5 heteroatoms. The average Bonchev–Trinajstić information content (AvgIpc) is 2.71. The molecule has 22 heavy (non-hydrogen) atoms. The number of rotatable bonds is 1. The van der Waals surface area contributed by atoms with Crippen LogP contribution < -0.4 is 15.7 Å². The van der Waals surface area contributed by atoms with E-state index in [0.29, 0.717) is 5.56 Å². The molecule has 0 aliphatic carbocycles. The fourth-order valence-corrected chi connectivity index (χ4v) is 3.10. The van der Waals surface area contributed by atoms with Gasteiger partial charge in [0.05, 0.1) is 5.56 Å². The van der Waals surface area contributed by atoms with Gasteiger partial charge in [0.25, 0.3) is 0 Å². The molecule has 2 aromatic rings. The van der Waals surface area contributed by atoms with Gasteiger partial charge in [-0.1, -0.05) is 32.0 Å². The Kier molecular flexibility index (Phi) is 2.92. The normalized spacial score (nSPS) is 18.7. The Morgan fingerprint density at radius 2 is 2.05 bits per heavy atom. The first-order chi connectivity index (χ1) is 10.4. The molecule has 0 atom stereocenters. The third-order valence-electron chi connectivity index (χ3n) is 4.32. The van der Waals surface area contributed by atoms with Gasteiger partial charge in [0.1, 0.15) is 5.36 Å². The first-order valence-electron chi connectivity index (χ1n) is 6.90. The molecule has 0 saturated carbocycles. The lowest BCUT2D eigenvalue weighted by Gasteiger charge is -2.24. The van der Waals surface area contributed by atoms with Crippen LogP contribution >= 0.6 is 0 Å². The van der Waals surface area contributed by atoms with Crippen LogP contribution in [0.15, 0.2) is 39.7 Å². The minimum absolute atomic E-state index is 0.0210. The topological polar surface area (TPSA) is 76.7 Å². The van der Waals surface area contributed by atoms with Crippen LogP contribution in [0.4, 0.5) is 5.69 Å². The Hall–Kier alpha value is -2.87. The van der Waals surface area contributed by atoms with Crippen molar-refractivity contribution < 1.29 is 5.11 Å². The van der Waals surface area contributed by atoms with Crippen LogP contribution in [0.1, 0.15) is 25.0 Å². The van der Waals surface area contributed by atoms with Gasteiger partial charge < -0.3 is 10.0 Å². The van der Waals surface area contributed by atoms with E-state index >= 15 is 0 Å². The fraction of sp³-hybridized carbons (Fsp3) is 0.235. The molecule has 1 N–H and O–H groups in total. The second kappa shape index (κ2) is 4.57. The van der Waals surface area contributed by atoms with E-state index in [1.807, 2.05) is 30.1 Å². The van der Waals surface area contributed by atoms with Crippen molar-refractivity contribution in [3.05, 3.63) is 56.7 Å². The molecule has 110 valence electrons. The van der Waals surface area contributed by atoms with E-state index in [-0.39, 0.29) is 16.5 Å². The molecular formula is C17H15N3O2. The molecule has 1 aliphatic heterocycles. The predicted molar refractivity (Wildman–Crippen MR) is 83.8 cm³/mol. The monoisotopic (exact) mass is 293 g/mol. The standard InChI is InChI=1S/C17H15N3O2/c1-17(2)11-6-4-5-7-12(11)20(3)13(17)8-10-14(19-9-18)16(22)15(10)21/h4-8,21H,1-3H3/b13-8?,19-14-. The van der Waals surface area contributed by atoms with Crippen molar-refractivity contribution in [3.63, 3.8) is 0 Å². The van der Waals surface area contributed by atoms with Crippen molar-refractivity contribution in [3.8, 4) is 11.9 Å². The van der Waals surface area contributed by atoms with Crippen LogP contribution in [0.25, 0.3) is 6.08 Å². The summed E-state index contributed by atoms with van der Waals surface area (Å²) in [6.45, 7) is 4.17. The van der Waals surface area contributed by atoms with E-state index in [9.17, 15) is 9.90 Å². The SMILES string of the molecule is CN1C(=Cc2c(O)c(=O)/c2=N\C#N)C(C)(C)c2ccccc21. The Morgan fingerprint density at radius 3 is 2.68 bits per heavy atom. The molecular weight excluding hydrogens is 278 g/mol. The molecule has 0 unspecified atom stereocenters. The summed E-state index contributed by atoms with van der Waals surface area (Å²) in [5.74, 6) is -0.332. The van der Waals surface area contributed by atoms with Crippen LogP contribution in [0.3, 0.4) is 0 Å². The van der Waals surface area contributed by atoms with Gasteiger partial charge in [-0.05, 0) is 17.7 Å². The molecule has 3 rings (SSSR count). The lowest BCUT2D eigenvalue weighted by Crippen LogP contribution is -2.35. The van der Waals surface area contributed by atoms with Gasteiger partial charge in [-0.2, -0.15) is 10.3 Å².